The lowest BCUT2D eigenvalue weighted by molar-refractivity contribution is 0.204. The molecule has 4 nitrogen and oxygen atoms in total. The summed E-state index contributed by atoms with van der Waals surface area (Å²) in [5.41, 5.74) is 1.37. The van der Waals surface area contributed by atoms with Gasteiger partial charge in [-0.1, -0.05) is 13.8 Å². The summed E-state index contributed by atoms with van der Waals surface area (Å²) in [4.78, 5) is 6.24. The molecule has 0 fully saturated rings. The van der Waals surface area contributed by atoms with Crippen LogP contribution in [0.5, 0.6) is 0 Å². The summed E-state index contributed by atoms with van der Waals surface area (Å²) in [5.74, 6) is 0.526. The first kappa shape index (κ1) is 13.5. The average Bonchev–Trinajstić information content (AvgIpc) is 2.34. The van der Waals surface area contributed by atoms with E-state index in [4.69, 9.17) is 10.00 Å². The highest BCUT2D eigenvalue weighted by molar-refractivity contribution is 5.55. The molecule has 0 radical (unpaired) electrons. The largest absolute Gasteiger partial charge is 0.383 e. The average molecular weight is 233 g/mol. The molecule has 0 spiro atoms. The van der Waals surface area contributed by atoms with Gasteiger partial charge in [0.1, 0.15) is 6.07 Å². The molecule has 4 heteroatoms. The van der Waals surface area contributed by atoms with Gasteiger partial charge in [0.25, 0.3) is 0 Å². The van der Waals surface area contributed by atoms with Crippen molar-refractivity contribution in [2.45, 2.75) is 13.8 Å². The van der Waals surface area contributed by atoms with E-state index in [1.807, 2.05) is 12.1 Å². The van der Waals surface area contributed by atoms with Gasteiger partial charge in [-0.25, -0.2) is 4.98 Å². The Morgan fingerprint density at radius 1 is 1.53 bits per heavy atom. The molecule has 92 valence electrons. The fourth-order valence-corrected chi connectivity index (χ4v) is 1.69. The maximum absolute atomic E-state index is 9.06. The highest BCUT2D eigenvalue weighted by atomic mass is 16.5. The van der Waals surface area contributed by atoms with Crippen LogP contribution in [0.25, 0.3) is 0 Å². The molecule has 0 bridgehead atoms. The number of ether oxygens (including phenoxy) is 1. The summed E-state index contributed by atoms with van der Waals surface area (Å²) in [6.45, 7) is 6.62. The van der Waals surface area contributed by atoms with Crippen LogP contribution in [0.15, 0.2) is 18.3 Å². The Balaban J connectivity index is 2.91. The number of anilines is 1. The van der Waals surface area contributed by atoms with Crippen molar-refractivity contribution in [3.8, 4) is 6.07 Å². The predicted molar refractivity (Wildman–Crippen MR) is 67.9 cm³/mol. The standard InChI is InChI=1S/C13H19N3O/c1-11(2)10-16(7-8-17-3)13-5-4-6-15-12(13)9-14/h4-6,11H,7-8,10H2,1-3H3. The van der Waals surface area contributed by atoms with Gasteiger partial charge in [0, 0.05) is 26.4 Å². The Morgan fingerprint density at radius 2 is 2.29 bits per heavy atom. The number of hydrogen-bond acceptors (Lipinski definition) is 4. The molecule has 0 N–H and O–H groups in total. The van der Waals surface area contributed by atoms with Gasteiger partial charge in [-0.15, -0.1) is 0 Å². The Bertz CT molecular complexity index is 384. The first-order valence-electron chi connectivity index (χ1n) is 5.78. The van der Waals surface area contributed by atoms with E-state index in [1.54, 1.807) is 13.3 Å². The summed E-state index contributed by atoms with van der Waals surface area (Å²) < 4.78 is 5.10. The van der Waals surface area contributed by atoms with E-state index >= 15 is 0 Å². The molecule has 0 saturated heterocycles. The van der Waals surface area contributed by atoms with Gasteiger partial charge in [0.05, 0.1) is 12.3 Å². The van der Waals surface area contributed by atoms with E-state index in [9.17, 15) is 0 Å². The van der Waals surface area contributed by atoms with E-state index in [1.165, 1.54) is 0 Å². The Morgan fingerprint density at radius 3 is 2.88 bits per heavy atom. The van der Waals surface area contributed by atoms with Crippen LogP contribution in [0, 0.1) is 17.2 Å². The van der Waals surface area contributed by atoms with E-state index in [2.05, 4.69) is 29.8 Å². The summed E-state index contributed by atoms with van der Waals surface area (Å²) >= 11 is 0. The van der Waals surface area contributed by atoms with E-state index in [0.29, 0.717) is 18.2 Å². The molecule has 0 unspecified atom stereocenters. The molecule has 1 aromatic heterocycles. The molecule has 0 aliphatic carbocycles. The number of nitriles is 1. The number of rotatable bonds is 6. The zero-order valence-corrected chi connectivity index (χ0v) is 10.7. The summed E-state index contributed by atoms with van der Waals surface area (Å²) in [7, 11) is 1.68. The SMILES string of the molecule is COCCN(CC(C)C)c1cccnc1C#N. The smallest absolute Gasteiger partial charge is 0.163 e. The van der Waals surface area contributed by atoms with Crippen molar-refractivity contribution in [2.24, 2.45) is 5.92 Å². The summed E-state index contributed by atoms with van der Waals surface area (Å²) in [5, 5.41) is 9.06. The van der Waals surface area contributed by atoms with Crippen LogP contribution in [-0.4, -0.2) is 31.8 Å². The number of hydrogen-bond donors (Lipinski definition) is 0. The molecule has 0 aliphatic heterocycles. The van der Waals surface area contributed by atoms with Gasteiger partial charge in [-0.3, -0.25) is 0 Å². The van der Waals surface area contributed by atoms with Crippen molar-refractivity contribution in [1.29, 1.82) is 5.26 Å². The third-order valence-electron chi connectivity index (χ3n) is 2.38. The van der Waals surface area contributed by atoms with Crippen LogP contribution >= 0.6 is 0 Å². The third kappa shape index (κ3) is 4.04. The second-order valence-corrected chi connectivity index (χ2v) is 4.32. The Kier molecular flexibility index (Phi) is 5.44. The van der Waals surface area contributed by atoms with Gasteiger partial charge < -0.3 is 9.64 Å². The minimum absolute atomic E-state index is 0.476. The molecule has 17 heavy (non-hydrogen) atoms. The first-order valence-corrected chi connectivity index (χ1v) is 5.78. The van der Waals surface area contributed by atoms with Crippen molar-refractivity contribution in [2.75, 3.05) is 31.7 Å². The van der Waals surface area contributed by atoms with Gasteiger partial charge in [0.2, 0.25) is 0 Å². The summed E-state index contributed by atoms with van der Waals surface area (Å²) in [6, 6.07) is 5.92. The third-order valence-corrected chi connectivity index (χ3v) is 2.38. The number of methoxy groups -OCH3 is 1. The highest BCUT2D eigenvalue weighted by Crippen LogP contribution is 2.18. The Labute approximate surface area is 103 Å². The molecular formula is C13H19N3O. The maximum Gasteiger partial charge on any atom is 0.163 e. The lowest BCUT2D eigenvalue weighted by atomic mass is 10.2. The van der Waals surface area contributed by atoms with E-state index in [0.717, 1.165) is 18.8 Å². The fraction of sp³-hybridized carbons (Fsp3) is 0.538. The van der Waals surface area contributed by atoms with Crippen LogP contribution in [0.3, 0.4) is 0 Å². The molecular weight excluding hydrogens is 214 g/mol. The van der Waals surface area contributed by atoms with Crippen LogP contribution in [0.2, 0.25) is 0 Å². The quantitative estimate of drug-likeness (QED) is 0.754. The predicted octanol–water partition coefficient (Wildman–Crippen LogP) is 2.06. The zero-order valence-electron chi connectivity index (χ0n) is 10.7. The molecule has 0 saturated carbocycles. The first-order chi connectivity index (χ1) is 8.19. The van der Waals surface area contributed by atoms with Gasteiger partial charge in [0.15, 0.2) is 5.69 Å². The normalized spacial score (nSPS) is 10.3. The topological polar surface area (TPSA) is 49.1 Å². The van der Waals surface area contributed by atoms with E-state index < -0.39 is 0 Å². The van der Waals surface area contributed by atoms with Crippen LogP contribution in [0.4, 0.5) is 5.69 Å². The summed E-state index contributed by atoms with van der Waals surface area (Å²) in [6.07, 6.45) is 1.64. The number of nitrogens with zero attached hydrogens (tertiary/aromatic N) is 3. The van der Waals surface area contributed by atoms with Crippen LogP contribution in [0.1, 0.15) is 19.5 Å². The lowest BCUT2D eigenvalue weighted by Crippen LogP contribution is -2.31. The molecule has 1 aromatic rings. The van der Waals surface area contributed by atoms with Crippen molar-refractivity contribution in [3.05, 3.63) is 24.0 Å². The molecule has 0 atom stereocenters. The monoisotopic (exact) mass is 233 g/mol. The number of aromatic nitrogens is 1. The van der Waals surface area contributed by atoms with Crippen molar-refractivity contribution in [3.63, 3.8) is 0 Å². The second-order valence-electron chi connectivity index (χ2n) is 4.32. The van der Waals surface area contributed by atoms with Crippen molar-refractivity contribution < 1.29 is 4.74 Å². The molecule has 0 aliphatic rings. The molecule has 1 rings (SSSR count). The highest BCUT2D eigenvalue weighted by Gasteiger charge is 2.12. The maximum atomic E-state index is 9.06. The molecule has 0 aromatic carbocycles. The lowest BCUT2D eigenvalue weighted by Gasteiger charge is -2.26. The van der Waals surface area contributed by atoms with Crippen molar-refractivity contribution in [1.82, 2.24) is 4.98 Å². The van der Waals surface area contributed by atoms with Crippen molar-refractivity contribution >= 4 is 5.69 Å². The molecule has 1 heterocycles. The number of pyridine rings is 1. The van der Waals surface area contributed by atoms with Crippen LogP contribution < -0.4 is 4.90 Å². The molecule has 0 amide bonds. The van der Waals surface area contributed by atoms with E-state index in [-0.39, 0.29) is 0 Å². The van der Waals surface area contributed by atoms with Crippen LogP contribution in [-0.2, 0) is 4.74 Å². The fourth-order valence-electron chi connectivity index (χ4n) is 1.69. The Hall–Kier alpha value is -1.60. The second kappa shape index (κ2) is 6.87. The van der Waals surface area contributed by atoms with Gasteiger partial charge in [-0.05, 0) is 18.1 Å². The minimum atomic E-state index is 0.476. The minimum Gasteiger partial charge on any atom is -0.383 e. The van der Waals surface area contributed by atoms with Gasteiger partial charge in [-0.2, -0.15) is 5.26 Å². The zero-order chi connectivity index (χ0) is 12.7. The van der Waals surface area contributed by atoms with Gasteiger partial charge >= 0.3 is 0 Å².